The van der Waals surface area contributed by atoms with Crippen molar-refractivity contribution in [3.8, 4) is 5.75 Å². The van der Waals surface area contributed by atoms with Gasteiger partial charge in [0.2, 0.25) is 0 Å². The molecule has 0 aromatic heterocycles. The van der Waals surface area contributed by atoms with E-state index in [1.165, 1.54) is 17.7 Å². The fourth-order valence-electron chi connectivity index (χ4n) is 4.11. The Morgan fingerprint density at radius 3 is 2.59 bits per heavy atom. The van der Waals surface area contributed by atoms with Crippen LogP contribution in [0.3, 0.4) is 0 Å². The molecule has 7 heteroatoms. The van der Waals surface area contributed by atoms with Crippen LogP contribution in [0.2, 0.25) is 0 Å². The molecule has 27 heavy (non-hydrogen) atoms. The molecule has 142 valence electrons. The lowest BCUT2D eigenvalue weighted by atomic mass is 9.87. The number of hydrogen-bond acceptors (Lipinski definition) is 3. The maximum absolute atomic E-state index is 12.8. The summed E-state index contributed by atoms with van der Waals surface area (Å²) < 4.78 is 42.4. The molecular weight excluding hydrogens is 357 g/mol. The number of benzene rings is 2. The molecule has 4 nitrogen and oxygen atoms in total. The van der Waals surface area contributed by atoms with Gasteiger partial charge in [0.05, 0.1) is 5.56 Å². The molecule has 0 radical (unpaired) electrons. The van der Waals surface area contributed by atoms with E-state index in [-0.39, 0.29) is 17.4 Å². The number of nitrogens with one attached hydrogen (secondary N) is 1. The zero-order valence-corrected chi connectivity index (χ0v) is 14.5. The lowest BCUT2D eigenvalue weighted by Gasteiger charge is -2.19. The summed E-state index contributed by atoms with van der Waals surface area (Å²) in [5.41, 5.74) is 1.82. The average Bonchev–Trinajstić information content (AvgIpc) is 2.96. The molecule has 1 N–H and O–H groups in total. The van der Waals surface area contributed by atoms with Crippen LogP contribution in [-0.2, 0) is 6.54 Å². The molecule has 2 atom stereocenters. The van der Waals surface area contributed by atoms with Crippen molar-refractivity contribution in [2.75, 3.05) is 19.6 Å². The number of amides is 1. The number of halogens is 3. The lowest BCUT2D eigenvalue weighted by Crippen LogP contribution is -2.30. The minimum atomic E-state index is -4.84. The largest absolute Gasteiger partial charge is 0.573 e. The number of carbonyl (C=O) groups excluding carboxylic acids is 1. The second-order valence-electron chi connectivity index (χ2n) is 7.02. The van der Waals surface area contributed by atoms with E-state index >= 15 is 0 Å². The number of ether oxygens (including phenoxy) is 1. The Morgan fingerprint density at radius 2 is 1.85 bits per heavy atom. The van der Waals surface area contributed by atoms with E-state index in [0.29, 0.717) is 18.7 Å². The molecule has 1 fully saturated rings. The molecular formula is C20H19F3N2O2. The van der Waals surface area contributed by atoms with Crippen LogP contribution in [0.4, 0.5) is 13.2 Å². The van der Waals surface area contributed by atoms with Crippen molar-refractivity contribution in [2.24, 2.45) is 5.92 Å². The van der Waals surface area contributed by atoms with Crippen LogP contribution >= 0.6 is 0 Å². The van der Waals surface area contributed by atoms with Crippen molar-refractivity contribution in [1.29, 1.82) is 0 Å². The highest BCUT2D eigenvalue weighted by Gasteiger charge is 2.40. The minimum Gasteiger partial charge on any atom is -0.405 e. The second-order valence-corrected chi connectivity index (χ2v) is 7.02. The lowest BCUT2D eigenvalue weighted by molar-refractivity contribution is -0.274. The molecule has 0 unspecified atom stereocenters. The number of nitrogens with zero attached hydrogens (tertiary/aromatic N) is 1. The molecule has 2 aliphatic rings. The maximum Gasteiger partial charge on any atom is 0.573 e. The van der Waals surface area contributed by atoms with Crippen LogP contribution in [0.15, 0.2) is 48.5 Å². The van der Waals surface area contributed by atoms with Gasteiger partial charge in [0.25, 0.3) is 5.91 Å². The van der Waals surface area contributed by atoms with Crippen LogP contribution in [0.5, 0.6) is 5.75 Å². The normalized spacial score (nSPS) is 22.6. The first kappa shape index (κ1) is 17.9. The Kier molecular flexibility index (Phi) is 4.55. The molecule has 0 aliphatic carbocycles. The Labute approximate surface area is 154 Å². The number of hydrogen-bond donors (Lipinski definition) is 1. The SMILES string of the molecule is O=C1NC[C@@H]2CN(Cc3ccccc3)C[C@H]2c2cccc(OC(F)(F)F)c21. The summed E-state index contributed by atoms with van der Waals surface area (Å²) >= 11 is 0. The summed E-state index contributed by atoms with van der Waals surface area (Å²) in [6.45, 7) is 2.69. The van der Waals surface area contributed by atoms with E-state index in [2.05, 4.69) is 27.1 Å². The monoisotopic (exact) mass is 376 g/mol. The fraction of sp³-hybridized carbons (Fsp3) is 0.350. The molecule has 1 amide bonds. The zero-order valence-electron chi connectivity index (χ0n) is 14.5. The number of likely N-dealkylation sites (tertiary alicyclic amines) is 1. The van der Waals surface area contributed by atoms with Crippen molar-refractivity contribution in [3.63, 3.8) is 0 Å². The molecule has 2 aliphatic heterocycles. The highest BCUT2D eigenvalue weighted by molar-refractivity contribution is 5.99. The van der Waals surface area contributed by atoms with Crippen LogP contribution in [0.25, 0.3) is 0 Å². The molecule has 0 saturated carbocycles. The smallest absolute Gasteiger partial charge is 0.405 e. The molecule has 2 heterocycles. The summed E-state index contributed by atoms with van der Waals surface area (Å²) in [6.07, 6.45) is -4.84. The van der Waals surface area contributed by atoms with E-state index in [1.54, 1.807) is 6.07 Å². The van der Waals surface area contributed by atoms with E-state index in [1.807, 2.05) is 18.2 Å². The third-order valence-corrected chi connectivity index (χ3v) is 5.20. The van der Waals surface area contributed by atoms with Crippen molar-refractivity contribution in [3.05, 3.63) is 65.2 Å². The Balaban J connectivity index is 1.63. The second kappa shape index (κ2) is 6.88. The van der Waals surface area contributed by atoms with E-state index < -0.39 is 18.0 Å². The zero-order chi connectivity index (χ0) is 19.0. The Hall–Kier alpha value is -2.54. The van der Waals surface area contributed by atoms with E-state index in [4.69, 9.17) is 0 Å². The summed E-state index contributed by atoms with van der Waals surface area (Å²) in [4.78, 5) is 14.7. The Morgan fingerprint density at radius 1 is 1.07 bits per heavy atom. The van der Waals surface area contributed by atoms with E-state index in [0.717, 1.165) is 13.1 Å². The van der Waals surface area contributed by atoms with Gasteiger partial charge in [0.1, 0.15) is 5.75 Å². The average molecular weight is 376 g/mol. The summed E-state index contributed by atoms with van der Waals surface area (Å²) in [5.74, 6) is -0.798. The number of carbonyl (C=O) groups is 1. The molecule has 1 saturated heterocycles. The van der Waals surface area contributed by atoms with Gasteiger partial charge in [-0.2, -0.15) is 0 Å². The van der Waals surface area contributed by atoms with Crippen LogP contribution in [-0.4, -0.2) is 36.8 Å². The molecule has 4 rings (SSSR count). The van der Waals surface area contributed by atoms with Gasteiger partial charge in [-0.25, -0.2) is 0 Å². The predicted molar refractivity (Wildman–Crippen MR) is 93.4 cm³/mol. The highest BCUT2D eigenvalue weighted by atomic mass is 19.4. The van der Waals surface area contributed by atoms with Crippen LogP contribution in [0, 0.1) is 5.92 Å². The van der Waals surface area contributed by atoms with Gasteiger partial charge in [-0.05, 0) is 23.1 Å². The number of fused-ring (bicyclic) bond motifs is 3. The van der Waals surface area contributed by atoms with Crippen LogP contribution in [0.1, 0.15) is 27.4 Å². The quantitative estimate of drug-likeness (QED) is 0.891. The predicted octanol–water partition coefficient (Wildman–Crippen LogP) is 3.54. The third-order valence-electron chi connectivity index (χ3n) is 5.20. The fourth-order valence-corrected chi connectivity index (χ4v) is 4.11. The van der Waals surface area contributed by atoms with Gasteiger partial charge >= 0.3 is 6.36 Å². The van der Waals surface area contributed by atoms with Crippen molar-refractivity contribution in [1.82, 2.24) is 10.2 Å². The summed E-state index contributed by atoms with van der Waals surface area (Å²) in [7, 11) is 0. The summed E-state index contributed by atoms with van der Waals surface area (Å²) in [5, 5.41) is 2.77. The van der Waals surface area contributed by atoms with E-state index in [9.17, 15) is 18.0 Å². The standard InChI is InChI=1S/C20H19F3N2O2/c21-20(22,23)27-17-8-4-7-15-16-12-25(10-13-5-2-1-3-6-13)11-14(16)9-24-19(26)18(15)17/h1-8,14,16H,9-12H2,(H,24,26)/t14-,16-/m1/s1. The van der Waals surface area contributed by atoms with Crippen molar-refractivity contribution < 1.29 is 22.7 Å². The molecule has 2 aromatic carbocycles. The van der Waals surface area contributed by atoms with Crippen molar-refractivity contribution in [2.45, 2.75) is 18.8 Å². The topological polar surface area (TPSA) is 41.6 Å². The van der Waals surface area contributed by atoms with Gasteiger partial charge in [0, 0.05) is 32.1 Å². The number of rotatable bonds is 3. The Bertz CT molecular complexity index is 839. The first-order valence-electron chi connectivity index (χ1n) is 8.84. The first-order valence-corrected chi connectivity index (χ1v) is 8.84. The maximum atomic E-state index is 12.8. The van der Waals surface area contributed by atoms with Crippen LogP contribution < -0.4 is 10.1 Å². The van der Waals surface area contributed by atoms with Gasteiger partial charge in [-0.3, -0.25) is 9.69 Å². The third kappa shape index (κ3) is 3.78. The first-order chi connectivity index (χ1) is 12.9. The van der Waals surface area contributed by atoms with Gasteiger partial charge in [-0.1, -0.05) is 42.5 Å². The highest BCUT2D eigenvalue weighted by Crippen LogP contribution is 2.40. The molecule has 0 bridgehead atoms. The number of alkyl halides is 3. The minimum absolute atomic E-state index is 0.00360. The van der Waals surface area contributed by atoms with Gasteiger partial charge < -0.3 is 10.1 Å². The van der Waals surface area contributed by atoms with Crippen molar-refractivity contribution >= 4 is 5.91 Å². The molecule has 0 spiro atoms. The van der Waals surface area contributed by atoms with Gasteiger partial charge in [0.15, 0.2) is 0 Å². The molecule has 2 aromatic rings. The van der Waals surface area contributed by atoms with Gasteiger partial charge in [-0.15, -0.1) is 13.2 Å². The summed E-state index contributed by atoms with van der Waals surface area (Å²) in [6, 6.07) is 14.5.